The summed E-state index contributed by atoms with van der Waals surface area (Å²) in [6, 6.07) is 31.4. The van der Waals surface area contributed by atoms with E-state index in [9.17, 15) is 4.79 Å². The highest BCUT2D eigenvalue weighted by atomic mass is 32.1. The number of fused-ring (bicyclic) bond motifs is 2. The van der Waals surface area contributed by atoms with Crippen LogP contribution in [0.1, 0.15) is 52.0 Å². The third-order valence-corrected chi connectivity index (χ3v) is 8.59. The number of rotatable bonds is 5. The van der Waals surface area contributed by atoms with Crippen molar-refractivity contribution in [1.82, 2.24) is 9.55 Å². The standard InChI is InChI=1S/C32H30N2OS/c1-22-33-29-20-23(19-27-21-26-16-8-9-18-30(26)36-27)11-10-17-28(29)32(35)34(22)31(24-12-4-2-5-13-24)25-14-6-3-7-15-25/h2-9,12-16,18,21,23,31H,10-11,17,19-20H2,1H3. The Morgan fingerprint density at radius 2 is 1.61 bits per heavy atom. The van der Waals surface area contributed by atoms with E-state index in [4.69, 9.17) is 4.98 Å². The van der Waals surface area contributed by atoms with Crippen LogP contribution in [-0.2, 0) is 19.3 Å². The van der Waals surface area contributed by atoms with Crippen LogP contribution in [0.4, 0.5) is 0 Å². The molecule has 0 aliphatic heterocycles. The molecular weight excluding hydrogens is 460 g/mol. The van der Waals surface area contributed by atoms with Crippen molar-refractivity contribution in [2.75, 3.05) is 0 Å². The average molecular weight is 491 g/mol. The Bertz CT molecular complexity index is 1480. The van der Waals surface area contributed by atoms with E-state index in [0.717, 1.165) is 60.3 Å². The minimum absolute atomic E-state index is 0.123. The van der Waals surface area contributed by atoms with Gasteiger partial charge in [-0.05, 0) is 73.6 Å². The zero-order chi connectivity index (χ0) is 24.5. The number of aryl methyl sites for hydroxylation is 1. The van der Waals surface area contributed by atoms with E-state index < -0.39 is 0 Å². The lowest BCUT2D eigenvalue weighted by atomic mass is 9.95. The lowest BCUT2D eigenvalue weighted by molar-refractivity contribution is 0.477. The summed E-state index contributed by atoms with van der Waals surface area (Å²) in [6.07, 6.45) is 4.90. The first kappa shape index (κ1) is 22.9. The minimum atomic E-state index is -0.185. The lowest BCUT2D eigenvalue weighted by Gasteiger charge is -2.24. The van der Waals surface area contributed by atoms with Gasteiger partial charge < -0.3 is 0 Å². The summed E-state index contributed by atoms with van der Waals surface area (Å²) >= 11 is 1.90. The van der Waals surface area contributed by atoms with Gasteiger partial charge in [0.15, 0.2) is 0 Å². The zero-order valence-corrected chi connectivity index (χ0v) is 21.4. The first-order valence-corrected chi connectivity index (χ1v) is 13.7. The molecule has 1 atom stereocenters. The first-order chi connectivity index (χ1) is 17.7. The summed E-state index contributed by atoms with van der Waals surface area (Å²) in [7, 11) is 0. The summed E-state index contributed by atoms with van der Waals surface area (Å²) in [5.41, 5.74) is 4.25. The van der Waals surface area contributed by atoms with Crippen LogP contribution in [0.15, 0.2) is 95.8 Å². The molecule has 36 heavy (non-hydrogen) atoms. The molecule has 0 bridgehead atoms. The van der Waals surface area contributed by atoms with Crippen LogP contribution in [0, 0.1) is 12.8 Å². The van der Waals surface area contributed by atoms with Gasteiger partial charge >= 0.3 is 0 Å². The maximum absolute atomic E-state index is 14.1. The van der Waals surface area contributed by atoms with Gasteiger partial charge in [0.25, 0.3) is 5.56 Å². The molecule has 2 heterocycles. The van der Waals surface area contributed by atoms with Gasteiger partial charge in [0, 0.05) is 15.1 Å². The first-order valence-electron chi connectivity index (χ1n) is 12.9. The second kappa shape index (κ2) is 9.87. The topological polar surface area (TPSA) is 34.9 Å². The highest BCUT2D eigenvalue weighted by molar-refractivity contribution is 7.19. The summed E-state index contributed by atoms with van der Waals surface area (Å²) < 4.78 is 3.28. The van der Waals surface area contributed by atoms with Crippen LogP contribution < -0.4 is 5.56 Å². The van der Waals surface area contributed by atoms with Gasteiger partial charge in [-0.15, -0.1) is 11.3 Å². The number of nitrogens with zero attached hydrogens (tertiary/aromatic N) is 2. The number of hydrogen-bond donors (Lipinski definition) is 0. The fourth-order valence-corrected chi connectivity index (χ4v) is 6.94. The van der Waals surface area contributed by atoms with Gasteiger partial charge in [-0.2, -0.15) is 0 Å². The Morgan fingerprint density at radius 1 is 0.944 bits per heavy atom. The van der Waals surface area contributed by atoms with E-state index in [1.165, 1.54) is 15.0 Å². The van der Waals surface area contributed by atoms with Crippen LogP contribution in [0.25, 0.3) is 10.1 Å². The third kappa shape index (κ3) is 4.42. The Labute approximate surface area is 216 Å². The fraction of sp³-hybridized carbons (Fsp3) is 0.250. The highest BCUT2D eigenvalue weighted by Gasteiger charge is 2.26. The second-order valence-corrected chi connectivity index (χ2v) is 11.1. The quantitative estimate of drug-likeness (QED) is 0.245. The molecule has 6 rings (SSSR count). The van der Waals surface area contributed by atoms with Crippen LogP contribution in [0.2, 0.25) is 0 Å². The third-order valence-electron chi connectivity index (χ3n) is 7.45. The largest absolute Gasteiger partial charge is 0.285 e. The van der Waals surface area contributed by atoms with Crippen molar-refractivity contribution in [2.24, 2.45) is 5.92 Å². The van der Waals surface area contributed by atoms with Crippen LogP contribution in [0.5, 0.6) is 0 Å². The van der Waals surface area contributed by atoms with Gasteiger partial charge in [0.1, 0.15) is 5.82 Å². The van der Waals surface area contributed by atoms with Crippen molar-refractivity contribution in [3.63, 3.8) is 0 Å². The van der Waals surface area contributed by atoms with Gasteiger partial charge in [-0.1, -0.05) is 78.9 Å². The molecule has 0 radical (unpaired) electrons. The number of thiophene rings is 1. The Balaban J connectivity index is 1.37. The van der Waals surface area contributed by atoms with Gasteiger partial charge in [-0.25, -0.2) is 4.98 Å². The summed E-state index contributed by atoms with van der Waals surface area (Å²) in [5, 5.41) is 1.33. The number of aromatic nitrogens is 2. The second-order valence-electron chi connectivity index (χ2n) is 9.90. The smallest absolute Gasteiger partial charge is 0.257 e. The monoisotopic (exact) mass is 490 g/mol. The Hall–Kier alpha value is -3.50. The number of hydrogen-bond acceptors (Lipinski definition) is 3. The zero-order valence-electron chi connectivity index (χ0n) is 20.6. The van der Waals surface area contributed by atoms with Crippen LogP contribution in [0.3, 0.4) is 0 Å². The average Bonchev–Trinajstić information content (AvgIpc) is 3.20. The minimum Gasteiger partial charge on any atom is -0.285 e. The van der Waals surface area contributed by atoms with E-state index in [2.05, 4.69) is 54.6 Å². The summed E-state index contributed by atoms with van der Waals surface area (Å²) in [4.78, 5) is 20.6. The van der Waals surface area contributed by atoms with Crippen molar-refractivity contribution in [3.05, 3.63) is 134 Å². The molecule has 0 spiro atoms. The molecule has 3 aromatic carbocycles. The van der Waals surface area contributed by atoms with Gasteiger partial charge in [0.05, 0.1) is 11.7 Å². The fourth-order valence-electron chi connectivity index (χ4n) is 5.76. The van der Waals surface area contributed by atoms with Crippen LogP contribution >= 0.6 is 11.3 Å². The van der Waals surface area contributed by atoms with Crippen molar-refractivity contribution in [2.45, 2.75) is 45.1 Å². The summed E-state index contributed by atoms with van der Waals surface area (Å²) in [6.45, 7) is 1.99. The SMILES string of the molecule is Cc1nc2c(c(=O)n1C(c1ccccc1)c1ccccc1)CCCC(Cc1cc3ccccc3s1)C2. The van der Waals surface area contributed by atoms with Crippen molar-refractivity contribution in [1.29, 1.82) is 0 Å². The maximum Gasteiger partial charge on any atom is 0.257 e. The molecule has 0 amide bonds. The molecule has 3 nitrogen and oxygen atoms in total. The van der Waals surface area contributed by atoms with E-state index >= 15 is 0 Å². The van der Waals surface area contributed by atoms with Gasteiger partial charge in [0.2, 0.25) is 0 Å². The molecule has 4 heteroatoms. The molecular formula is C32H30N2OS. The van der Waals surface area contributed by atoms with E-state index in [1.807, 2.05) is 59.2 Å². The Morgan fingerprint density at radius 3 is 2.31 bits per heavy atom. The van der Waals surface area contributed by atoms with Crippen molar-refractivity contribution < 1.29 is 0 Å². The molecule has 0 saturated carbocycles. The molecule has 5 aromatic rings. The molecule has 2 aromatic heterocycles. The molecule has 0 N–H and O–H groups in total. The molecule has 180 valence electrons. The molecule has 0 fully saturated rings. The van der Waals surface area contributed by atoms with E-state index in [0.29, 0.717) is 5.92 Å². The Kier molecular flexibility index (Phi) is 6.28. The maximum atomic E-state index is 14.1. The van der Waals surface area contributed by atoms with Crippen molar-refractivity contribution in [3.8, 4) is 0 Å². The summed E-state index contributed by atoms with van der Waals surface area (Å²) in [5.74, 6) is 1.31. The predicted octanol–water partition coefficient (Wildman–Crippen LogP) is 7.14. The predicted molar refractivity (Wildman–Crippen MR) is 149 cm³/mol. The van der Waals surface area contributed by atoms with Crippen molar-refractivity contribution >= 4 is 21.4 Å². The molecule has 0 saturated heterocycles. The molecule has 1 unspecified atom stereocenters. The van der Waals surface area contributed by atoms with E-state index in [-0.39, 0.29) is 11.6 Å². The lowest BCUT2D eigenvalue weighted by Crippen LogP contribution is -2.33. The van der Waals surface area contributed by atoms with Gasteiger partial charge in [-0.3, -0.25) is 9.36 Å². The number of benzene rings is 3. The van der Waals surface area contributed by atoms with E-state index in [1.54, 1.807) is 0 Å². The highest BCUT2D eigenvalue weighted by Crippen LogP contribution is 2.32. The molecule has 1 aliphatic rings. The normalized spacial score (nSPS) is 15.7. The molecule has 1 aliphatic carbocycles. The van der Waals surface area contributed by atoms with Crippen LogP contribution in [-0.4, -0.2) is 9.55 Å².